The second kappa shape index (κ2) is 15.4. The Bertz CT molecular complexity index is 1810. The predicted molar refractivity (Wildman–Crippen MR) is 182 cm³/mol. The Hall–Kier alpha value is -5.86. The molecule has 1 atom stereocenters. The number of rotatable bonds is 15. The number of nitrogens with zero attached hydrogens (tertiary/aromatic N) is 6. The van der Waals surface area contributed by atoms with Gasteiger partial charge in [0.25, 0.3) is 5.91 Å². The van der Waals surface area contributed by atoms with Gasteiger partial charge in [0, 0.05) is 61.4 Å². The quantitative estimate of drug-likeness (QED) is 0.0923. The zero-order valence-electron chi connectivity index (χ0n) is 27.0. The van der Waals surface area contributed by atoms with Crippen LogP contribution < -0.4 is 27.0 Å². The lowest BCUT2D eigenvalue weighted by molar-refractivity contribution is -0.137. The van der Waals surface area contributed by atoms with Gasteiger partial charge in [-0.15, -0.1) is 15.3 Å². The molecule has 1 unspecified atom stereocenters. The van der Waals surface area contributed by atoms with Gasteiger partial charge in [-0.25, -0.2) is 0 Å². The predicted octanol–water partition coefficient (Wildman–Crippen LogP) is 2.66. The minimum atomic E-state index is -0.634. The molecular formula is C34H39N11O4. The average molecular weight is 666 g/mol. The molecule has 2 aliphatic heterocycles. The standard InChI is InChI=1S/C34H39N11O4/c35-33-40-34(43-45(33)28-16-14-25(41-42-28)22-9-4-3-5-10-22)38-20-19-37-29(46)13-6-1-2-7-18-36-26-12-8-11-23-24(26)21-44(32(23)49)27-15-17-30(47)39-31(27)48/h3-5,8-12,14,16,27,36H,1-2,6-7,13,15,17-21H2,(H,37,46)(H,39,47,48)(H3,35,38,40,43). The Kier molecular flexibility index (Phi) is 10.4. The van der Waals surface area contributed by atoms with Crippen LogP contribution in [-0.4, -0.2) is 79.2 Å². The number of carbonyl (C=O) groups excluding carboxylic acids is 4. The maximum Gasteiger partial charge on any atom is 0.255 e. The number of unbranched alkanes of at least 4 members (excludes halogenated alkanes) is 3. The Morgan fingerprint density at radius 1 is 0.898 bits per heavy atom. The number of amides is 4. The fourth-order valence-corrected chi connectivity index (χ4v) is 5.97. The Morgan fingerprint density at radius 2 is 1.73 bits per heavy atom. The van der Waals surface area contributed by atoms with Gasteiger partial charge < -0.3 is 26.6 Å². The lowest BCUT2D eigenvalue weighted by Gasteiger charge is -2.29. The van der Waals surface area contributed by atoms with Gasteiger partial charge in [-0.3, -0.25) is 24.5 Å². The Balaban J connectivity index is 0.847. The summed E-state index contributed by atoms with van der Waals surface area (Å²) >= 11 is 0. The first-order chi connectivity index (χ1) is 23.9. The molecule has 6 N–H and O–H groups in total. The molecule has 254 valence electrons. The molecular weight excluding hydrogens is 626 g/mol. The molecule has 4 amide bonds. The molecule has 2 aromatic carbocycles. The van der Waals surface area contributed by atoms with Crippen molar-refractivity contribution in [2.45, 2.75) is 57.5 Å². The number of nitrogens with two attached hydrogens (primary N) is 1. The summed E-state index contributed by atoms with van der Waals surface area (Å²) in [5.74, 6) is 0.0226. The highest BCUT2D eigenvalue weighted by Crippen LogP contribution is 2.32. The van der Waals surface area contributed by atoms with E-state index in [-0.39, 0.29) is 30.1 Å². The van der Waals surface area contributed by atoms with Gasteiger partial charge in [0.15, 0.2) is 5.82 Å². The lowest BCUT2D eigenvalue weighted by Crippen LogP contribution is -2.52. The molecule has 4 aromatic rings. The van der Waals surface area contributed by atoms with Crippen LogP contribution >= 0.6 is 0 Å². The van der Waals surface area contributed by atoms with Gasteiger partial charge in [-0.05, 0) is 43.5 Å². The molecule has 0 aliphatic carbocycles. The second-order valence-corrected chi connectivity index (χ2v) is 11.9. The minimum absolute atomic E-state index is 0.0169. The van der Waals surface area contributed by atoms with E-state index in [0.29, 0.717) is 49.8 Å². The van der Waals surface area contributed by atoms with Gasteiger partial charge in [0.1, 0.15) is 6.04 Å². The number of hydrogen-bond donors (Lipinski definition) is 5. The summed E-state index contributed by atoms with van der Waals surface area (Å²) in [6.45, 7) is 1.90. The van der Waals surface area contributed by atoms with Crippen molar-refractivity contribution in [2.75, 3.05) is 36.0 Å². The number of fused-ring (bicyclic) bond motifs is 1. The van der Waals surface area contributed by atoms with E-state index < -0.39 is 11.9 Å². The van der Waals surface area contributed by atoms with Crippen molar-refractivity contribution in [1.82, 2.24) is 40.5 Å². The molecule has 0 bridgehead atoms. The topological polar surface area (TPSA) is 202 Å². The van der Waals surface area contributed by atoms with Crippen molar-refractivity contribution in [2.24, 2.45) is 0 Å². The largest absolute Gasteiger partial charge is 0.385 e. The Morgan fingerprint density at radius 3 is 2.53 bits per heavy atom. The van der Waals surface area contributed by atoms with Crippen LogP contribution in [0.1, 0.15) is 60.9 Å². The third kappa shape index (κ3) is 8.00. The van der Waals surface area contributed by atoms with E-state index in [1.807, 2.05) is 48.5 Å². The first-order valence-corrected chi connectivity index (χ1v) is 16.5. The van der Waals surface area contributed by atoms with Crippen molar-refractivity contribution in [3.8, 4) is 17.1 Å². The highest BCUT2D eigenvalue weighted by atomic mass is 16.2. The fraction of sp³-hybridized carbons (Fsp3) is 0.353. The van der Waals surface area contributed by atoms with Crippen LogP contribution in [-0.2, 0) is 20.9 Å². The Labute approximate surface area is 283 Å². The van der Waals surface area contributed by atoms with Crippen LogP contribution in [0.3, 0.4) is 0 Å². The number of imide groups is 1. The van der Waals surface area contributed by atoms with Gasteiger partial charge >= 0.3 is 0 Å². The normalized spacial score (nSPS) is 15.6. The maximum atomic E-state index is 13.0. The smallest absolute Gasteiger partial charge is 0.255 e. The molecule has 6 rings (SSSR count). The second-order valence-electron chi connectivity index (χ2n) is 11.9. The van der Waals surface area contributed by atoms with Gasteiger partial charge in [0.05, 0.1) is 5.69 Å². The van der Waals surface area contributed by atoms with Gasteiger partial charge in [0.2, 0.25) is 29.6 Å². The molecule has 2 aromatic heterocycles. The zero-order chi connectivity index (χ0) is 34.2. The monoisotopic (exact) mass is 665 g/mol. The van der Waals surface area contributed by atoms with Crippen LogP contribution in [0, 0.1) is 0 Å². The zero-order valence-corrected chi connectivity index (χ0v) is 27.0. The summed E-state index contributed by atoms with van der Waals surface area (Å²) in [5.41, 5.74) is 10.1. The molecule has 0 radical (unpaired) electrons. The number of anilines is 3. The minimum Gasteiger partial charge on any atom is -0.385 e. The van der Waals surface area contributed by atoms with E-state index in [9.17, 15) is 19.2 Å². The van der Waals surface area contributed by atoms with Gasteiger partial charge in [-0.1, -0.05) is 49.2 Å². The van der Waals surface area contributed by atoms with Crippen molar-refractivity contribution in [3.63, 3.8) is 0 Å². The number of benzene rings is 2. The third-order valence-electron chi connectivity index (χ3n) is 8.53. The van der Waals surface area contributed by atoms with Crippen molar-refractivity contribution < 1.29 is 19.2 Å². The molecule has 15 nitrogen and oxygen atoms in total. The van der Waals surface area contributed by atoms with Crippen LogP contribution in [0.4, 0.5) is 17.6 Å². The summed E-state index contributed by atoms with van der Waals surface area (Å²) in [7, 11) is 0. The van der Waals surface area contributed by atoms with Crippen LogP contribution in [0.2, 0.25) is 0 Å². The van der Waals surface area contributed by atoms with Crippen molar-refractivity contribution in [1.29, 1.82) is 0 Å². The van der Waals surface area contributed by atoms with Crippen LogP contribution in [0.25, 0.3) is 17.1 Å². The fourth-order valence-electron chi connectivity index (χ4n) is 5.97. The van der Waals surface area contributed by atoms with Crippen LogP contribution in [0.5, 0.6) is 0 Å². The highest BCUT2D eigenvalue weighted by molar-refractivity contribution is 6.06. The highest BCUT2D eigenvalue weighted by Gasteiger charge is 2.39. The van der Waals surface area contributed by atoms with Crippen LogP contribution in [0.15, 0.2) is 60.7 Å². The molecule has 49 heavy (non-hydrogen) atoms. The number of piperidine rings is 1. The number of nitrogens with one attached hydrogen (secondary N) is 4. The van der Waals surface area contributed by atoms with Crippen molar-refractivity contribution >= 4 is 41.2 Å². The molecule has 0 spiro atoms. The SMILES string of the molecule is Nc1nc(NCCNC(=O)CCCCCCNc2cccc3c2CN(C2CCC(=O)NC2=O)C3=O)nn1-c1ccc(-c2ccccc2)nn1. The molecule has 2 aliphatic rings. The van der Waals surface area contributed by atoms with E-state index in [1.54, 1.807) is 17.0 Å². The molecule has 15 heteroatoms. The summed E-state index contributed by atoms with van der Waals surface area (Å²) < 4.78 is 1.41. The summed E-state index contributed by atoms with van der Waals surface area (Å²) in [5, 5.41) is 24.6. The molecule has 1 saturated heterocycles. The maximum absolute atomic E-state index is 13.0. The number of carbonyl (C=O) groups is 4. The number of nitrogen functional groups attached to an aromatic ring is 1. The first-order valence-electron chi connectivity index (χ1n) is 16.5. The average Bonchev–Trinajstić information content (AvgIpc) is 3.65. The van der Waals surface area contributed by atoms with E-state index in [4.69, 9.17) is 5.73 Å². The third-order valence-corrected chi connectivity index (χ3v) is 8.53. The molecule has 4 heterocycles. The molecule has 0 saturated carbocycles. The van der Waals surface area contributed by atoms with E-state index in [1.165, 1.54) is 4.68 Å². The van der Waals surface area contributed by atoms with Crippen molar-refractivity contribution in [3.05, 3.63) is 71.8 Å². The van der Waals surface area contributed by atoms with E-state index in [0.717, 1.165) is 54.7 Å². The van der Waals surface area contributed by atoms with E-state index >= 15 is 0 Å². The first kappa shape index (κ1) is 33.1. The lowest BCUT2D eigenvalue weighted by atomic mass is 10.0. The summed E-state index contributed by atoms with van der Waals surface area (Å²) in [6, 6.07) is 18.3. The molecule has 1 fully saturated rings. The van der Waals surface area contributed by atoms with E-state index in [2.05, 4.69) is 41.5 Å². The van der Waals surface area contributed by atoms with Gasteiger partial charge in [-0.2, -0.15) is 9.67 Å². The summed E-state index contributed by atoms with van der Waals surface area (Å²) in [6.07, 6.45) is 4.56. The number of hydrogen-bond acceptors (Lipinski definition) is 11. The number of aromatic nitrogens is 5. The summed E-state index contributed by atoms with van der Waals surface area (Å²) in [4.78, 5) is 55.0.